The van der Waals surface area contributed by atoms with Gasteiger partial charge in [-0.05, 0) is 50.1 Å². The molecule has 0 bridgehead atoms. The lowest BCUT2D eigenvalue weighted by atomic mass is 10.1. The number of rotatable bonds is 2. The smallest absolute Gasteiger partial charge is 0.255 e. The molecule has 0 aliphatic carbocycles. The lowest BCUT2D eigenvalue weighted by Crippen LogP contribution is -2.42. The number of halogens is 2. The van der Waals surface area contributed by atoms with Gasteiger partial charge in [-0.1, -0.05) is 5.92 Å². The van der Waals surface area contributed by atoms with Crippen LogP contribution in [-0.2, 0) is 0 Å². The third-order valence-corrected chi connectivity index (χ3v) is 5.26. The number of imidazole rings is 1. The zero-order valence-electron chi connectivity index (χ0n) is 18.1. The molecule has 9 heteroatoms. The summed E-state index contributed by atoms with van der Waals surface area (Å²) in [7, 11) is 0. The van der Waals surface area contributed by atoms with Crippen molar-refractivity contribution in [2.45, 2.75) is 38.2 Å². The summed E-state index contributed by atoms with van der Waals surface area (Å²) in [5, 5.41) is 19.1. The fraction of sp³-hybridized carbons (Fsp3) is 0.333. The number of piperidine rings is 1. The summed E-state index contributed by atoms with van der Waals surface area (Å²) in [5.41, 5.74) is 0.966. The van der Waals surface area contributed by atoms with Crippen molar-refractivity contribution in [3.05, 3.63) is 53.5 Å². The second-order valence-electron chi connectivity index (χ2n) is 8.45. The van der Waals surface area contributed by atoms with E-state index in [2.05, 4.69) is 27.9 Å². The molecule has 3 aromatic rings. The van der Waals surface area contributed by atoms with Crippen LogP contribution in [0, 0.1) is 23.2 Å². The topological polar surface area (TPSA) is 95.0 Å². The van der Waals surface area contributed by atoms with E-state index in [1.165, 1.54) is 11.1 Å². The Morgan fingerprint density at radius 3 is 2.48 bits per heavy atom. The number of alkyl halides is 2. The highest BCUT2D eigenvalue weighted by Crippen LogP contribution is 2.29. The third-order valence-electron chi connectivity index (χ3n) is 5.26. The van der Waals surface area contributed by atoms with Crippen molar-refractivity contribution in [3.8, 4) is 23.6 Å². The van der Waals surface area contributed by atoms with Crippen molar-refractivity contribution in [3.63, 3.8) is 0 Å². The summed E-state index contributed by atoms with van der Waals surface area (Å²) < 4.78 is 28.6. The number of amides is 1. The molecular weight excluding hydrogens is 428 g/mol. The van der Waals surface area contributed by atoms with E-state index in [1.807, 2.05) is 0 Å². The van der Waals surface area contributed by atoms with E-state index in [4.69, 9.17) is 5.26 Å². The van der Waals surface area contributed by atoms with Crippen molar-refractivity contribution in [2.24, 2.45) is 0 Å². The van der Waals surface area contributed by atoms with Crippen LogP contribution < -0.4 is 0 Å². The van der Waals surface area contributed by atoms with Crippen LogP contribution >= 0.6 is 0 Å². The first-order chi connectivity index (χ1) is 15.6. The molecule has 1 aliphatic rings. The number of aromatic nitrogens is 3. The highest BCUT2D eigenvalue weighted by atomic mass is 19.3. The Kier molecular flexibility index (Phi) is 5.61. The van der Waals surface area contributed by atoms with E-state index in [-0.39, 0.29) is 37.4 Å². The van der Waals surface area contributed by atoms with Gasteiger partial charge in [0.2, 0.25) is 0 Å². The zero-order valence-corrected chi connectivity index (χ0v) is 18.1. The van der Waals surface area contributed by atoms with Crippen molar-refractivity contribution in [2.75, 3.05) is 13.1 Å². The maximum absolute atomic E-state index is 13.5. The first kappa shape index (κ1) is 22.4. The minimum Gasteiger partial charge on any atom is -0.378 e. The number of carbonyl (C=O) groups is 1. The highest BCUT2D eigenvalue weighted by Gasteiger charge is 2.36. The average molecular weight is 449 g/mol. The molecule has 33 heavy (non-hydrogen) atoms. The van der Waals surface area contributed by atoms with E-state index in [9.17, 15) is 18.7 Å². The van der Waals surface area contributed by atoms with E-state index < -0.39 is 11.5 Å². The molecule has 3 heterocycles. The Morgan fingerprint density at radius 2 is 1.88 bits per heavy atom. The lowest BCUT2D eigenvalue weighted by molar-refractivity contribution is -0.0494. The van der Waals surface area contributed by atoms with Gasteiger partial charge in [-0.2, -0.15) is 5.26 Å². The van der Waals surface area contributed by atoms with Gasteiger partial charge in [-0.15, -0.1) is 0 Å². The molecular formula is C24H21F2N5O2. The molecule has 0 radical (unpaired) electrons. The predicted octanol–water partition coefficient (Wildman–Crippen LogP) is 3.29. The van der Waals surface area contributed by atoms with Gasteiger partial charge in [-0.3, -0.25) is 9.36 Å². The van der Waals surface area contributed by atoms with Crippen molar-refractivity contribution < 1.29 is 18.7 Å². The third kappa shape index (κ3) is 4.84. The first-order valence-corrected chi connectivity index (χ1v) is 10.4. The summed E-state index contributed by atoms with van der Waals surface area (Å²) in [5.74, 6) is 2.76. The monoisotopic (exact) mass is 449 g/mol. The van der Waals surface area contributed by atoms with E-state index >= 15 is 0 Å². The summed E-state index contributed by atoms with van der Waals surface area (Å²) in [6.45, 7) is 3.05. The van der Waals surface area contributed by atoms with Gasteiger partial charge >= 0.3 is 0 Å². The standard InChI is InChI=1S/C24H21F2N5O2/c1-23(2,33)8-7-20-29-19-13-17(22(32)30-11-9-24(25,26)10-12-30)15-28-21(19)31(20)18-5-3-16(14-27)4-6-18/h3-6,13,15,33H,9-12H2,1-2H3. The van der Waals surface area contributed by atoms with Gasteiger partial charge in [0, 0.05) is 37.8 Å². The Balaban J connectivity index is 1.76. The number of nitrogens with zero attached hydrogens (tertiary/aromatic N) is 5. The van der Waals surface area contributed by atoms with Crippen LogP contribution in [0.5, 0.6) is 0 Å². The fourth-order valence-corrected chi connectivity index (χ4v) is 3.52. The first-order valence-electron chi connectivity index (χ1n) is 10.4. The second kappa shape index (κ2) is 8.27. The van der Waals surface area contributed by atoms with E-state index in [0.29, 0.717) is 28.2 Å². The maximum atomic E-state index is 13.5. The Morgan fingerprint density at radius 1 is 1.21 bits per heavy atom. The van der Waals surface area contributed by atoms with E-state index in [0.717, 1.165) is 0 Å². The van der Waals surface area contributed by atoms with Gasteiger partial charge < -0.3 is 10.0 Å². The van der Waals surface area contributed by atoms with Gasteiger partial charge in [0.05, 0.1) is 17.2 Å². The van der Waals surface area contributed by atoms with Crippen LogP contribution in [0.1, 0.15) is 48.4 Å². The normalized spacial score (nSPS) is 15.6. The number of hydrogen-bond donors (Lipinski definition) is 1. The highest BCUT2D eigenvalue weighted by molar-refractivity contribution is 5.96. The SMILES string of the molecule is CC(C)(O)C#Cc1nc2cc(C(=O)N3CCC(F)(F)CC3)cnc2n1-c1ccc(C#N)cc1. The molecule has 4 rings (SSSR count). The number of likely N-dealkylation sites (tertiary alicyclic amines) is 1. The van der Waals surface area contributed by atoms with Gasteiger partial charge in [0.25, 0.3) is 11.8 Å². The maximum Gasteiger partial charge on any atom is 0.255 e. The Labute approximate surface area is 189 Å². The number of hydrogen-bond acceptors (Lipinski definition) is 5. The van der Waals surface area contributed by atoms with Crippen molar-refractivity contribution in [1.82, 2.24) is 19.4 Å². The molecule has 1 aliphatic heterocycles. The fourth-order valence-electron chi connectivity index (χ4n) is 3.52. The van der Waals surface area contributed by atoms with Crippen LogP contribution in [-0.4, -0.2) is 55.1 Å². The van der Waals surface area contributed by atoms with E-state index in [1.54, 1.807) is 48.7 Å². The number of benzene rings is 1. The molecule has 0 atom stereocenters. The minimum atomic E-state index is -2.74. The largest absolute Gasteiger partial charge is 0.378 e. The molecule has 1 fully saturated rings. The van der Waals surface area contributed by atoms with Crippen molar-refractivity contribution in [1.29, 1.82) is 5.26 Å². The van der Waals surface area contributed by atoms with Crippen molar-refractivity contribution >= 4 is 17.1 Å². The molecule has 168 valence electrons. The summed E-state index contributed by atoms with van der Waals surface area (Å²) >= 11 is 0. The molecule has 1 aromatic carbocycles. The van der Waals surface area contributed by atoms with Crippen LogP contribution in [0.15, 0.2) is 36.5 Å². The second-order valence-corrected chi connectivity index (χ2v) is 8.45. The quantitative estimate of drug-likeness (QED) is 0.606. The van der Waals surface area contributed by atoms with Gasteiger partial charge in [0.1, 0.15) is 11.1 Å². The number of aliphatic hydroxyl groups is 1. The minimum absolute atomic E-state index is 0.0220. The number of carbonyl (C=O) groups excluding carboxylic acids is 1. The Bertz CT molecular complexity index is 1310. The molecule has 1 saturated heterocycles. The molecule has 2 aromatic heterocycles. The zero-order chi connectivity index (χ0) is 23.8. The predicted molar refractivity (Wildman–Crippen MR) is 117 cm³/mol. The Hall–Kier alpha value is -3.82. The van der Waals surface area contributed by atoms with Gasteiger partial charge in [-0.25, -0.2) is 18.7 Å². The number of nitriles is 1. The van der Waals surface area contributed by atoms with Crippen LogP contribution in [0.2, 0.25) is 0 Å². The summed E-state index contributed by atoms with van der Waals surface area (Å²) in [4.78, 5) is 23.2. The molecule has 0 unspecified atom stereocenters. The summed E-state index contributed by atoms with van der Waals surface area (Å²) in [6.07, 6.45) is 0.670. The lowest BCUT2D eigenvalue weighted by Gasteiger charge is -2.31. The molecule has 1 amide bonds. The molecule has 1 N–H and O–H groups in total. The number of fused-ring (bicyclic) bond motifs is 1. The number of pyridine rings is 1. The molecule has 7 nitrogen and oxygen atoms in total. The van der Waals surface area contributed by atoms with Crippen LogP contribution in [0.4, 0.5) is 8.78 Å². The van der Waals surface area contributed by atoms with Crippen LogP contribution in [0.3, 0.4) is 0 Å². The van der Waals surface area contributed by atoms with Gasteiger partial charge in [0.15, 0.2) is 11.5 Å². The molecule has 0 spiro atoms. The average Bonchev–Trinajstić information content (AvgIpc) is 3.14. The molecule has 0 saturated carbocycles. The van der Waals surface area contributed by atoms with Crippen LogP contribution in [0.25, 0.3) is 16.9 Å². The summed E-state index contributed by atoms with van der Waals surface area (Å²) in [6, 6.07) is 10.4.